The van der Waals surface area contributed by atoms with Crippen LogP contribution in [0.15, 0.2) is 72.9 Å². The minimum absolute atomic E-state index is 0.221. The van der Waals surface area contributed by atoms with Gasteiger partial charge in [0.25, 0.3) is 0 Å². The van der Waals surface area contributed by atoms with Crippen molar-refractivity contribution in [3.8, 4) is 0 Å². The predicted octanol–water partition coefficient (Wildman–Crippen LogP) is 5.17. The minimum Gasteiger partial charge on any atom is -0.362 e. The minimum atomic E-state index is -0.221. The molecule has 4 nitrogen and oxygen atoms in total. The van der Waals surface area contributed by atoms with E-state index in [9.17, 15) is 4.39 Å². The summed E-state index contributed by atoms with van der Waals surface area (Å²) in [4.78, 5) is 9.97. The highest BCUT2D eigenvalue weighted by Crippen LogP contribution is 2.24. The summed E-state index contributed by atoms with van der Waals surface area (Å²) in [6.07, 6.45) is 3.45. The van der Waals surface area contributed by atoms with E-state index >= 15 is 0 Å². The number of benzene rings is 2. The molecule has 0 spiro atoms. The molecule has 0 unspecified atom stereocenters. The Kier molecular flexibility index (Phi) is 7.12. The molecule has 6 heteroatoms. The summed E-state index contributed by atoms with van der Waals surface area (Å²) in [5.41, 5.74) is 5.37. The van der Waals surface area contributed by atoms with Crippen LogP contribution in [0.4, 0.5) is 4.39 Å². The van der Waals surface area contributed by atoms with E-state index in [1.54, 1.807) is 18.3 Å². The number of aromatic nitrogens is 2. The molecule has 0 bridgehead atoms. The summed E-state index contributed by atoms with van der Waals surface area (Å²) in [5, 5.41) is 5.04. The molecule has 0 fully saturated rings. The lowest BCUT2D eigenvalue weighted by Gasteiger charge is -2.26. The van der Waals surface area contributed by atoms with Crippen LogP contribution >= 0.6 is 12.2 Å². The standard InChI is InChI=1S/C26H27FN4S/c1-19-23(24-17-21(27)10-11-25(24)30-19)13-16-31(18-22-9-5-6-14-28-22)26(32)29-15-12-20-7-3-2-4-8-20/h2-11,14,17,30H,12-13,15-16,18H2,1H3,(H,29,32). The molecule has 0 aliphatic heterocycles. The van der Waals surface area contributed by atoms with Crippen molar-refractivity contribution in [3.63, 3.8) is 0 Å². The second-order valence-electron chi connectivity index (χ2n) is 7.88. The number of hydrogen-bond donors (Lipinski definition) is 2. The Bertz CT molecular complexity index is 1170. The van der Waals surface area contributed by atoms with Gasteiger partial charge in [0.05, 0.1) is 12.2 Å². The van der Waals surface area contributed by atoms with Gasteiger partial charge in [0.1, 0.15) is 5.82 Å². The Morgan fingerprint density at radius 2 is 1.88 bits per heavy atom. The van der Waals surface area contributed by atoms with Gasteiger partial charge in [0.15, 0.2) is 5.11 Å². The normalized spacial score (nSPS) is 10.9. The smallest absolute Gasteiger partial charge is 0.169 e. The van der Waals surface area contributed by atoms with E-state index in [0.717, 1.165) is 47.2 Å². The zero-order valence-corrected chi connectivity index (χ0v) is 19.0. The molecule has 2 heterocycles. The summed E-state index contributed by atoms with van der Waals surface area (Å²) in [5.74, 6) is -0.221. The molecule has 0 aliphatic carbocycles. The molecule has 0 saturated heterocycles. The Morgan fingerprint density at radius 1 is 1.06 bits per heavy atom. The largest absolute Gasteiger partial charge is 0.362 e. The Balaban J connectivity index is 1.46. The first-order chi connectivity index (χ1) is 15.6. The number of aromatic amines is 1. The van der Waals surface area contributed by atoms with E-state index < -0.39 is 0 Å². The van der Waals surface area contributed by atoms with Crippen molar-refractivity contribution in [3.05, 3.63) is 101 Å². The van der Waals surface area contributed by atoms with Gasteiger partial charge in [-0.05, 0) is 73.4 Å². The number of aryl methyl sites for hydroxylation is 1. The number of fused-ring (bicyclic) bond motifs is 1. The number of thiocarbonyl (C=S) groups is 1. The summed E-state index contributed by atoms with van der Waals surface area (Å²) in [6, 6.07) is 21.1. The maximum Gasteiger partial charge on any atom is 0.169 e. The van der Waals surface area contributed by atoms with Crippen LogP contribution in [0, 0.1) is 12.7 Å². The van der Waals surface area contributed by atoms with Crippen LogP contribution in [-0.2, 0) is 19.4 Å². The van der Waals surface area contributed by atoms with Gasteiger partial charge in [0, 0.05) is 35.9 Å². The van der Waals surface area contributed by atoms with E-state index in [4.69, 9.17) is 12.2 Å². The highest BCUT2D eigenvalue weighted by molar-refractivity contribution is 7.80. The Labute approximate surface area is 193 Å². The molecule has 0 radical (unpaired) electrons. The summed E-state index contributed by atoms with van der Waals surface area (Å²) < 4.78 is 13.9. The summed E-state index contributed by atoms with van der Waals surface area (Å²) >= 11 is 5.75. The van der Waals surface area contributed by atoms with Gasteiger partial charge in [-0.25, -0.2) is 4.39 Å². The lowest BCUT2D eigenvalue weighted by Crippen LogP contribution is -2.41. The summed E-state index contributed by atoms with van der Waals surface area (Å²) in [6.45, 7) is 4.12. The predicted molar refractivity (Wildman–Crippen MR) is 132 cm³/mol. The van der Waals surface area contributed by atoms with Crippen molar-refractivity contribution in [1.82, 2.24) is 20.2 Å². The maximum atomic E-state index is 13.9. The Hall–Kier alpha value is -3.25. The zero-order chi connectivity index (χ0) is 22.3. The fourth-order valence-corrected chi connectivity index (χ4v) is 4.19. The number of rotatable bonds is 8. The molecular weight excluding hydrogens is 419 g/mol. The molecule has 32 heavy (non-hydrogen) atoms. The van der Waals surface area contributed by atoms with Crippen LogP contribution in [0.3, 0.4) is 0 Å². The molecule has 2 aromatic carbocycles. The molecule has 164 valence electrons. The highest BCUT2D eigenvalue weighted by atomic mass is 32.1. The second-order valence-corrected chi connectivity index (χ2v) is 8.27. The molecule has 4 aromatic rings. The lowest BCUT2D eigenvalue weighted by molar-refractivity contribution is 0.404. The molecule has 0 amide bonds. The van der Waals surface area contributed by atoms with Crippen molar-refractivity contribution in [2.75, 3.05) is 13.1 Å². The quantitative estimate of drug-likeness (QED) is 0.367. The average molecular weight is 447 g/mol. The van der Waals surface area contributed by atoms with Crippen molar-refractivity contribution in [1.29, 1.82) is 0 Å². The number of nitrogens with zero attached hydrogens (tertiary/aromatic N) is 2. The first kappa shape index (κ1) is 22.0. The third-order valence-corrected chi connectivity index (χ3v) is 6.01. The molecular formula is C26H27FN4S. The second kappa shape index (κ2) is 10.4. The van der Waals surface area contributed by atoms with Gasteiger partial charge >= 0.3 is 0 Å². The molecule has 2 N–H and O–H groups in total. The summed E-state index contributed by atoms with van der Waals surface area (Å²) in [7, 11) is 0. The fraction of sp³-hybridized carbons (Fsp3) is 0.231. The van der Waals surface area contributed by atoms with Crippen molar-refractivity contribution >= 4 is 28.2 Å². The van der Waals surface area contributed by atoms with E-state index in [1.807, 2.05) is 43.3 Å². The van der Waals surface area contributed by atoms with E-state index in [1.165, 1.54) is 11.6 Å². The molecule has 2 aromatic heterocycles. The monoisotopic (exact) mass is 446 g/mol. The van der Waals surface area contributed by atoms with Gasteiger partial charge < -0.3 is 15.2 Å². The van der Waals surface area contributed by atoms with E-state index in [0.29, 0.717) is 18.2 Å². The Morgan fingerprint density at radius 3 is 2.66 bits per heavy atom. The molecule has 4 rings (SSSR count). The van der Waals surface area contributed by atoms with Crippen LogP contribution in [0.1, 0.15) is 22.5 Å². The third kappa shape index (κ3) is 5.51. The molecule has 0 atom stereocenters. The van der Waals surface area contributed by atoms with E-state index in [-0.39, 0.29) is 5.82 Å². The number of H-pyrrole nitrogens is 1. The van der Waals surface area contributed by atoms with Crippen LogP contribution in [0.2, 0.25) is 0 Å². The average Bonchev–Trinajstić information content (AvgIpc) is 3.12. The van der Waals surface area contributed by atoms with Crippen LogP contribution in [-0.4, -0.2) is 33.1 Å². The third-order valence-electron chi connectivity index (χ3n) is 5.61. The lowest BCUT2D eigenvalue weighted by atomic mass is 10.1. The van der Waals surface area contributed by atoms with Gasteiger partial charge in [-0.1, -0.05) is 36.4 Å². The molecule has 0 saturated carbocycles. The number of halogens is 1. The van der Waals surface area contributed by atoms with Crippen LogP contribution in [0.25, 0.3) is 10.9 Å². The van der Waals surface area contributed by atoms with Gasteiger partial charge in [-0.15, -0.1) is 0 Å². The fourth-order valence-electron chi connectivity index (χ4n) is 3.93. The van der Waals surface area contributed by atoms with Crippen molar-refractivity contribution in [2.24, 2.45) is 0 Å². The first-order valence-electron chi connectivity index (χ1n) is 10.8. The zero-order valence-electron chi connectivity index (χ0n) is 18.1. The highest BCUT2D eigenvalue weighted by Gasteiger charge is 2.15. The number of hydrogen-bond acceptors (Lipinski definition) is 2. The number of pyridine rings is 1. The van der Waals surface area contributed by atoms with Crippen molar-refractivity contribution in [2.45, 2.75) is 26.3 Å². The van der Waals surface area contributed by atoms with Crippen LogP contribution < -0.4 is 5.32 Å². The maximum absolute atomic E-state index is 13.9. The number of nitrogens with one attached hydrogen (secondary N) is 2. The van der Waals surface area contributed by atoms with Gasteiger partial charge in [-0.3, -0.25) is 4.98 Å². The van der Waals surface area contributed by atoms with Crippen LogP contribution in [0.5, 0.6) is 0 Å². The SMILES string of the molecule is Cc1[nH]c2ccc(F)cc2c1CCN(Cc1ccccn1)C(=S)NCCc1ccccc1. The topological polar surface area (TPSA) is 44.0 Å². The molecule has 0 aliphatic rings. The first-order valence-corrected chi connectivity index (χ1v) is 11.2. The van der Waals surface area contributed by atoms with E-state index in [2.05, 4.69) is 32.3 Å². The van der Waals surface area contributed by atoms with Gasteiger partial charge in [0.2, 0.25) is 0 Å². The van der Waals surface area contributed by atoms with Gasteiger partial charge in [-0.2, -0.15) is 0 Å². The van der Waals surface area contributed by atoms with Crippen molar-refractivity contribution < 1.29 is 4.39 Å².